The normalized spacial score (nSPS) is 9.33. The third kappa shape index (κ3) is 2.46. The first-order chi connectivity index (χ1) is 7.29. The number of rotatable bonds is 1. The van der Waals surface area contributed by atoms with Gasteiger partial charge in [-0.05, 0) is 25.5 Å². The Morgan fingerprint density at radius 1 is 1.07 bits per heavy atom. The van der Waals surface area contributed by atoms with E-state index in [-0.39, 0.29) is 0 Å². The summed E-state index contributed by atoms with van der Waals surface area (Å²) in [5, 5.41) is 0. The maximum absolute atomic E-state index is 4.10. The van der Waals surface area contributed by atoms with Crippen LogP contribution in [0.5, 0.6) is 0 Å². The molecule has 0 atom stereocenters. The quantitative estimate of drug-likeness (QED) is 0.692. The van der Waals surface area contributed by atoms with Crippen LogP contribution in [0.3, 0.4) is 0 Å². The number of aromatic nitrogens is 2. The van der Waals surface area contributed by atoms with Gasteiger partial charge in [0.05, 0.1) is 6.33 Å². The van der Waals surface area contributed by atoms with Crippen LogP contribution >= 0.6 is 0 Å². The molecule has 0 saturated carbocycles. The van der Waals surface area contributed by atoms with Gasteiger partial charge < -0.3 is 4.57 Å². The summed E-state index contributed by atoms with van der Waals surface area (Å²) < 4.78 is 2.09. The lowest BCUT2D eigenvalue weighted by atomic mass is 10.2. The van der Waals surface area contributed by atoms with Crippen molar-refractivity contribution in [2.45, 2.75) is 27.7 Å². The average molecular weight is 202 g/mol. The van der Waals surface area contributed by atoms with Crippen molar-refractivity contribution < 1.29 is 0 Å². The number of imidazole rings is 1. The third-order valence-corrected chi connectivity index (χ3v) is 2.20. The molecule has 0 saturated heterocycles. The lowest BCUT2D eigenvalue weighted by molar-refractivity contribution is 0.992. The van der Waals surface area contributed by atoms with E-state index in [1.165, 1.54) is 11.3 Å². The van der Waals surface area contributed by atoms with Crippen LogP contribution < -0.4 is 0 Å². The first-order valence-electron chi connectivity index (χ1n) is 5.34. The van der Waals surface area contributed by atoms with Crippen LogP contribution in [0, 0.1) is 13.8 Å². The van der Waals surface area contributed by atoms with Crippen molar-refractivity contribution in [1.82, 2.24) is 9.55 Å². The number of hydrogen-bond donors (Lipinski definition) is 0. The molecule has 2 nitrogen and oxygen atoms in total. The van der Waals surface area contributed by atoms with E-state index in [0.29, 0.717) is 0 Å². The van der Waals surface area contributed by atoms with E-state index >= 15 is 0 Å². The van der Waals surface area contributed by atoms with Gasteiger partial charge in [0.1, 0.15) is 0 Å². The highest BCUT2D eigenvalue weighted by Crippen LogP contribution is 2.14. The van der Waals surface area contributed by atoms with E-state index in [4.69, 9.17) is 0 Å². The Kier molecular flexibility index (Phi) is 4.10. The Morgan fingerprint density at radius 3 is 2.27 bits per heavy atom. The van der Waals surface area contributed by atoms with Gasteiger partial charge in [-0.2, -0.15) is 0 Å². The largest absolute Gasteiger partial charge is 0.303 e. The molecule has 0 aliphatic heterocycles. The maximum Gasteiger partial charge on any atom is 0.0994 e. The zero-order chi connectivity index (χ0) is 11.3. The average Bonchev–Trinajstić information content (AvgIpc) is 2.68. The van der Waals surface area contributed by atoms with Crippen LogP contribution in [0.1, 0.15) is 25.1 Å². The predicted molar refractivity (Wildman–Crippen MR) is 64.4 cm³/mol. The summed E-state index contributed by atoms with van der Waals surface area (Å²) in [6.45, 7) is 8.16. The Balaban J connectivity index is 0.000000531. The monoisotopic (exact) mass is 202 g/mol. The maximum atomic E-state index is 4.10. The summed E-state index contributed by atoms with van der Waals surface area (Å²) in [6.07, 6.45) is 3.71. The summed E-state index contributed by atoms with van der Waals surface area (Å²) in [6, 6.07) is 8.30. The third-order valence-electron chi connectivity index (χ3n) is 2.20. The van der Waals surface area contributed by atoms with E-state index in [2.05, 4.69) is 35.5 Å². The fourth-order valence-electron chi connectivity index (χ4n) is 1.45. The lowest BCUT2D eigenvalue weighted by Crippen LogP contribution is -1.96. The van der Waals surface area contributed by atoms with Gasteiger partial charge >= 0.3 is 0 Å². The molecule has 0 spiro atoms. The first-order valence-corrected chi connectivity index (χ1v) is 5.34. The molecule has 0 unspecified atom stereocenters. The van der Waals surface area contributed by atoms with Gasteiger partial charge in [-0.3, -0.25) is 0 Å². The predicted octanol–water partition coefficient (Wildman–Crippen LogP) is 3.52. The van der Waals surface area contributed by atoms with Crippen LogP contribution in [0.4, 0.5) is 0 Å². The van der Waals surface area contributed by atoms with Gasteiger partial charge in [0.25, 0.3) is 0 Å². The molecule has 15 heavy (non-hydrogen) atoms. The molecule has 0 N–H and O–H groups in total. The minimum absolute atomic E-state index is 1.16. The molecule has 0 bridgehead atoms. The molecule has 0 aliphatic carbocycles. The SMILES string of the molecule is CC.Cc1ccccc1-n1cncc1C. The van der Waals surface area contributed by atoms with E-state index in [9.17, 15) is 0 Å². The summed E-state index contributed by atoms with van der Waals surface area (Å²) in [5.41, 5.74) is 3.63. The van der Waals surface area contributed by atoms with Crippen molar-refractivity contribution >= 4 is 0 Å². The van der Waals surface area contributed by atoms with E-state index in [1.807, 2.05) is 38.5 Å². The van der Waals surface area contributed by atoms with Crippen molar-refractivity contribution in [3.63, 3.8) is 0 Å². The van der Waals surface area contributed by atoms with Crippen molar-refractivity contribution in [3.05, 3.63) is 48.0 Å². The van der Waals surface area contributed by atoms with Crippen LogP contribution in [0.15, 0.2) is 36.8 Å². The Bertz CT molecular complexity index is 416. The Labute approximate surface area is 91.6 Å². The molecule has 2 rings (SSSR count). The van der Waals surface area contributed by atoms with Gasteiger partial charge in [-0.1, -0.05) is 32.0 Å². The molecule has 2 aromatic rings. The number of benzene rings is 1. The van der Waals surface area contributed by atoms with Crippen molar-refractivity contribution in [2.24, 2.45) is 0 Å². The highest BCUT2D eigenvalue weighted by Gasteiger charge is 2.01. The fraction of sp³-hybridized carbons (Fsp3) is 0.308. The second-order valence-electron chi connectivity index (χ2n) is 3.19. The Hall–Kier alpha value is -1.57. The Morgan fingerprint density at radius 2 is 1.73 bits per heavy atom. The second kappa shape index (κ2) is 5.35. The zero-order valence-corrected chi connectivity index (χ0v) is 9.86. The van der Waals surface area contributed by atoms with Crippen molar-refractivity contribution in [1.29, 1.82) is 0 Å². The molecule has 2 heteroatoms. The standard InChI is InChI=1S/C11H12N2.C2H6/c1-9-5-3-4-6-11(9)13-8-12-7-10(13)2;1-2/h3-8H,1-2H3;1-2H3. The van der Waals surface area contributed by atoms with Crippen LogP contribution in [0.25, 0.3) is 5.69 Å². The highest BCUT2D eigenvalue weighted by atomic mass is 15.0. The molecule has 1 aromatic heterocycles. The minimum atomic E-state index is 1.16. The van der Waals surface area contributed by atoms with Crippen LogP contribution in [0.2, 0.25) is 0 Å². The van der Waals surface area contributed by atoms with Gasteiger partial charge in [0.2, 0.25) is 0 Å². The van der Waals surface area contributed by atoms with Gasteiger partial charge in [0.15, 0.2) is 0 Å². The summed E-state index contributed by atoms with van der Waals surface area (Å²) >= 11 is 0. The summed E-state index contributed by atoms with van der Waals surface area (Å²) in [5.74, 6) is 0. The molecule has 0 amide bonds. The van der Waals surface area contributed by atoms with Crippen LogP contribution in [-0.2, 0) is 0 Å². The van der Waals surface area contributed by atoms with Gasteiger partial charge in [-0.15, -0.1) is 0 Å². The van der Waals surface area contributed by atoms with E-state index in [0.717, 1.165) is 5.69 Å². The number of hydrogen-bond acceptors (Lipinski definition) is 1. The van der Waals surface area contributed by atoms with E-state index in [1.54, 1.807) is 0 Å². The lowest BCUT2D eigenvalue weighted by Gasteiger charge is -2.07. The molecule has 1 aromatic carbocycles. The smallest absolute Gasteiger partial charge is 0.0994 e. The van der Waals surface area contributed by atoms with Crippen molar-refractivity contribution in [2.75, 3.05) is 0 Å². The molecular weight excluding hydrogens is 184 g/mol. The van der Waals surface area contributed by atoms with Gasteiger partial charge in [0, 0.05) is 17.6 Å². The highest BCUT2D eigenvalue weighted by molar-refractivity contribution is 5.40. The molecule has 0 fully saturated rings. The van der Waals surface area contributed by atoms with E-state index < -0.39 is 0 Å². The van der Waals surface area contributed by atoms with Crippen LogP contribution in [-0.4, -0.2) is 9.55 Å². The summed E-state index contributed by atoms with van der Waals surface area (Å²) in [7, 11) is 0. The zero-order valence-electron chi connectivity index (χ0n) is 9.86. The minimum Gasteiger partial charge on any atom is -0.303 e. The number of aryl methyl sites for hydroxylation is 2. The van der Waals surface area contributed by atoms with Crippen molar-refractivity contribution in [3.8, 4) is 5.69 Å². The molecule has 0 aliphatic rings. The molecule has 1 heterocycles. The van der Waals surface area contributed by atoms with Gasteiger partial charge in [-0.25, -0.2) is 4.98 Å². The summed E-state index contributed by atoms with van der Waals surface area (Å²) in [4.78, 5) is 4.10. The molecule has 80 valence electrons. The first kappa shape index (κ1) is 11.5. The fourth-order valence-corrected chi connectivity index (χ4v) is 1.45. The number of para-hydroxylation sites is 1. The topological polar surface area (TPSA) is 17.8 Å². The molecule has 0 radical (unpaired) electrons. The second-order valence-corrected chi connectivity index (χ2v) is 3.19. The number of nitrogens with zero attached hydrogens (tertiary/aromatic N) is 2. The molecular formula is C13H18N2.